The van der Waals surface area contributed by atoms with Crippen LogP contribution in [0, 0.1) is 0 Å². The Morgan fingerprint density at radius 3 is 2.40 bits per heavy atom. The van der Waals surface area contributed by atoms with Gasteiger partial charge in [0, 0.05) is 17.1 Å². The van der Waals surface area contributed by atoms with E-state index >= 15 is 0 Å². The van der Waals surface area contributed by atoms with Crippen molar-refractivity contribution in [2.24, 2.45) is 0 Å². The molecule has 0 saturated carbocycles. The molecule has 0 unspecified atom stereocenters. The van der Waals surface area contributed by atoms with Gasteiger partial charge in [0.05, 0.1) is 0 Å². The maximum Gasteiger partial charge on any atom is 0.451 e. The number of nitrogens with zero attached hydrogens (tertiary/aromatic N) is 2. The fourth-order valence-electron chi connectivity index (χ4n) is 1.48. The van der Waals surface area contributed by atoms with E-state index in [-0.39, 0.29) is 11.6 Å². The summed E-state index contributed by atoms with van der Waals surface area (Å²) >= 11 is 3.30. The molecular formula is C12H10BrF3N4. The molecule has 4 nitrogen and oxygen atoms in total. The zero-order valence-corrected chi connectivity index (χ0v) is 11.7. The van der Waals surface area contributed by atoms with Crippen molar-refractivity contribution >= 4 is 27.6 Å². The number of rotatable bonds is 3. The number of halogens is 4. The van der Waals surface area contributed by atoms with Crippen LogP contribution in [-0.2, 0) is 12.7 Å². The predicted molar refractivity (Wildman–Crippen MR) is 72.9 cm³/mol. The van der Waals surface area contributed by atoms with Crippen LogP contribution >= 0.6 is 15.9 Å². The van der Waals surface area contributed by atoms with Crippen LogP contribution in [0.5, 0.6) is 0 Å². The highest BCUT2D eigenvalue weighted by Crippen LogP contribution is 2.27. The molecule has 0 aliphatic heterocycles. The summed E-state index contributed by atoms with van der Waals surface area (Å²) in [5.41, 5.74) is 6.25. The lowest BCUT2D eigenvalue weighted by Crippen LogP contribution is -2.14. The molecule has 0 saturated heterocycles. The molecule has 0 atom stereocenters. The van der Waals surface area contributed by atoms with Crippen LogP contribution in [0.15, 0.2) is 34.8 Å². The molecule has 0 radical (unpaired) electrons. The Balaban J connectivity index is 2.13. The number of anilines is 2. The highest BCUT2D eigenvalue weighted by atomic mass is 79.9. The van der Waals surface area contributed by atoms with E-state index in [9.17, 15) is 13.2 Å². The number of hydrogen-bond donors (Lipinski definition) is 2. The Bertz CT molecular complexity index is 599. The van der Waals surface area contributed by atoms with Gasteiger partial charge >= 0.3 is 6.18 Å². The van der Waals surface area contributed by atoms with Crippen molar-refractivity contribution in [1.29, 1.82) is 0 Å². The minimum Gasteiger partial charge on any atom is -0.384 e. The second kappa shape index (κ2) is 5.66. The van der Waals surface area contributed by atoms with E-state index in [1.165, 1.54) is 6.07 Å². The zero-order valence-electron chi connectivity index (χ0n) is 10.1. The van der Waals surface area contributed by atoms with Gasteiger partial charge in [0.2, 0.25) is 5.82 Å². The van der Waals surface area contributed by atoms with Gasteiger partial charge in [-0.3, -0.25) is 0 Å². The molecule has 2 rings (SSSR count). The molecule has 2 aromatic rings. The average Bonchev–Trinajstić information content (AvgIpc) is 2.36. The van der Waals surface area contributed by atoms with Crippen LogP contribution in [0.4, 0.5) is 24.8 Å². The van der Waals surface area contributed by atoms with Crippen molar-refractivity contribution in [3.8, 4) is 0 Å². The fourth-order valence-corrected chi connectivity index (χ4v) is 1.74. The number of nitrogens with two attached hydrogens (primary N) is 1. The summed E-state index contributed by atoms with van der Waals surface area (Å²) in [4.78, 5) is 6.57. The minimum absolute atomic E-state index is 0.0349. The molecule has 8 heteroatoms. The van der Waals surface area contributed by atoms with Gasteiger partial charge in [-0.05, 0) is 17.7 Å². The Kier molecular flexibility index (Phi) is 4.12. The summed E-state index contributed by atoms with van der Waals surface area (Å²) in [6.07, 6.45) is -4.62. The predicted octanol–water partition coefficient (Wildman–Crippen LogP) is 3.45. The van der Waals surface area contributed by atoms with E-state index in [2.05, 4.69) is 31.2 Å². The molecule has 0 fully saturated rings. The first-order chi connectivity index (χ1) is 9.34. The lowest BCUT2D eigenvalue weighted by Gasteiger charge is -2.10. The number of nitrogen functional groups attached to an aromatic ring is 1. The summed E-state index contributed by atoms with van der Waals surface area (Å²) in [5, 5.41) is 2.79. The van der Waals surface area contributed by atoms with Crippen molar-refractivity contribution in [1.82, 2.24) is 9.97 Å². The summed E-state index contributed by atoms with van der Waals surface area (Å²) in [7, 11) is 0. The molecule has 0 bridgehead atoms. The second-order valence-corrected chi connectivity index (χ2v) is 4.90. The highest BCUT2D eigenvalue weighted by Gasteiger charge is 2.35. The fraction of sp³-hybridized carbons (Fsp3) is 0.167. The smallest absolute Gasteiger partial charge is 0.384 e. The monoisotopic (exact) mass is 346 g/mol. The van der Waals surface area contributed by atoms with E-state index in [1.807, 2.05) is 24.3 Å². The minimum atomic E-state index is -4.62. The number of nitrogens with one attached hydrogen (secondary N) is 1. The number of hydrogen-bond acceptors (Lipinski definition) is 4. The molecule has 106 valence electrons. The van der Waals surface area contributed by atoms with Crippen molar-refractivity contribution in [2.45, 2.75) is 12.7 Å². The molecule has 3 N–H and O–H groups in total. The Morgan fingerprint density at radius 1 is 1.15 bits per heavy atom. The van der Waals surface area contributed by atoms with Gasteiger partial charge in [0.25, 0.3) is 0 Å². The molecule has 0 spiro atoms. The van der Waals surface area contributed by atoms with Crippen LogP contribution in [0.25, 0.3) is 0 Å². The van der Waals surface area contributed by atoms with Gasteiger partial charge in [0.1, 0.15) is 11.6 Å². The van der Waals surface area contributed by atoms with Crippen molar-refractivity contribution in [3.63, 3.8) is 0 Å². The van der Waals surface area contributed by atoms with E-state index in [1.54, 1.807) is 0 Å². The summed E-state index contributed by atoms with van der Waals surface area (Å²) < 4.78 is 38.5. The molecule has 0 aliphatic carbocycles. The summed E-state index contributed by atoms with van der Waals surface area (Å²) in [6.45, 7) is 0.334. The van der Waals surface area contributed by atoms with Gasteiger partial charge in [-0.2, -0.15) is 13.2 Å². The molecule has 1 aromatic heterocycles. The maximum absolute atomic E-state index is 12.5. The third-order valence-electron chi connectivity index (χ3n) is 2.39. The third kappa shape index (κ3) is 3.83. The molecule has 0 aliphatic rings. The van der Waals surface area contributed by atoms with E-state index in [0.29, 0.717) is 6.54 Å². The van der Waals surface area contributed by atoms with Gasteiger partial charge < -0.3 is 11.1 Å². The summed E-state index contributed by atoms with van der Waals surface area (Å²) in [5.74, 6) is -1.45. The number of benzene rings is 1. The van der Waals surface area contributed by atoms with Crippen molar-refractivity contribution < 1.29 is 13.2 Å². The lowest BCUT2D eigenvalue weighted by molar-refractivity contribution is -0.144. The topological polar surface area (TPSA) is 63.8 Å². The van der Waals surface area contributed by atoms with Crippen LogP contribution in [-0.4, -0.2) is 9.97 Å². The van der Waals surface area contributed by atoms with Gasteiger partial charge in [-0.15, -0.1) is 0 Å². The van der Waals surface area contributed by atoms with E-state index < -0.39 is 12.0 Å². The first-order valence-electron chi connectivity index (χ1n) is 5.54. The summed E-state index contributed by atoms with van der Waals surface area (Å²) in [6, 6.07) is 8.62. The van der Waals surface area contributed by atoms with Crippen molar-refractivity contribution in [3.05, 3.63) is 46.2 Å². The Morgan fingerprint density at radius 2 is 1.80 bits per heavy atom. The number of alkyl halides is 3. The van der Waals surface area contributed by atoms with Gasteiger partial charge in [-0.25, -0.2) is 9.97 Å². The molecule has 1 heterocycles. The molecule has 1 aromatic carbocycles. The zero-order chi connectivity index (χ0) is 14.8. The van der Waals surface area contributed by atoms with Gasteiger partial charge in [0.15, 0.2) is 0 Å². The Hall–Kier alpha value is -1.83. The quantitative estimate of drug-likeness (QED) is 0.893. The van der Waals surface area contributed by atoms with E-state index in [0.717, 1.165) is 10.0 Å². The largest absolute Gasteiger partial charge is 0.451 e. The SMILES string of the molecule is Nc1cc(NCc2ccc(Br)cc2)nc(C(F)(F)F)n1. The third-order valence-corrected chi connectivity index (χ3v) is 2.92. The van der Waals surface area contributed by atoms with Crippen LogP contribution < -0.4 is 11.1 Å². The van der Waals surface area contributed by atoms with Crippen LogP contribution in [0.1, 0.15) is 11.4 Å². The highest BCUT2D eigenvalue weighted by molar-refractivity contribution is 9.10. The van der Waals surface area contributed by atoms with Crippen LogP contribution in [0.2, 0.25) is 0 Å². The molecular weight excluding hydrogens is 337 g/mol. The second-order valence-electron chi connectivity index (χ2n) is 3.98. The maximum atomic E-state index is 12.5. The normalized spacial score (nSPS) is 11.4. The van der Waals surface area contributed by atoms with E-state index in [4.69, 9.17) is 5.73 Å². The van der Waals surface area contributed by atoms with Crippen molar-refractivity contribution in [2.75, 3.05) is 11.1 Å². The molecule has 20 heavy (non-hydrogen) atoms. The number of aromatic nitrogens is 2. The standard InChI is InChI=1S/C12H10BrF3N4/c13-8-3-1-7(2-4-8)6-18-10-5-9(17)19-11(20-10)12(14,15)16/h1-5H,6H2,(H3,17,18,19,20). The Labute approximate surface area is 121 Å². The first-order valence-corrected chi connectivity index (χ1v) is 6.34. The average molecular weight is 347 g/mol. The van der Waals surface area contributed by atoms with Crippen LogP contribution in [0.3, 0.4) is 0 Å². The first kappa shape index (κ1) is 14.6. The van der Waals surface area contributed by atoms with Gasteiger partial charge in [-0.1, -0.05) is 28.1 Å². The lowest BCUT2D eigenvalue weighted by atomic mass is 10.2. The molecule has 0 amide bonds.